The number of pyridine rings is 1. The summed E-state index contributed by atoms with van der Waals surface area (Å²) in [4.78, 5) is 13.4. The van der Waals surface area contributed by atoms with Crippen molar-refractivity contribution in [2.45, 2.75) is 26.8 Å². The zero-order valence-corrected chi connectivity index (χ0v) is 14.6. The number of nitrogens with two attached hydrogens (primary N) is 1. The van der Waals surface area contributed by atoms with Crippen molar-refractivity contribution in [3.05, 3.63) is 42.6 Å². The Morgan fingerprint density at radius 1 is 1.20 bits per heavy atom. The maximum atomic E-state index is 5.97. The second kappa shape index (κ2) is 7.79. The SMILES string of the molecule is CCN=C(N)CCn1c(-c2ccc(OCC)nc2)nc2ccccc21. The van der Waals surface area contributed by atoms with Crippen LogP contribution in [-0.2, 0) is 6.54 Å². The highest BCUT2D eigenvalue weighted by Gasteiger charge is 2.13. The van der Waals surface area contributed by atoms with Gasteiger partial charge in [0.15, 0.2) is 0 Å². The summed E-state index contributed by atoms with van der Waals surface area (Å²) in [6.07, 6.45) is 2.48. The molecule has 0 spiro atoms. The van der Waals surface area contributed by atoms with E-state index < -0.39 is 0 Å². The molecule has 25 heavy (non-hydrogen) atoms. The Kier molecular flexibility index (Phi) is 5.28. The van der Waals surface area contributed by atoms with Crippen LogP contribution in [0.15, 0.2) is 47.6 Å². The third-order valence-electron chi connectivity index (χ3n) is 3.89. The van der Waals surface area contributed by atoms with Crippen LogP contribution < -0.4 is 10.5 Å². The topological polar surface area (TPSA) is 78.3 Å². The molecule has 130 valence electrons. The van der Waals surface area contributed by atoms with E-state index in [1.165, 1.54) is 0 Å². The number of amidine groups is 1. The highest BCUT2D eigenvalue weighted by molar-refractivity contribution is 5.82. The molecule has 0 unspecified atom stereocenters. The van der Waals surface area contributed by atoms with Gasteiger partial charge in [0.05, 0.1) is 23.5 Å². The first-order valence-corrected chi connectivity index (χ1v) is 8.56. The number of benzene rings is 1. The molecule has 0 bridgehead atoms. The number of ether oxygens (including phenoxy) is 1. The number of para-hydroxylation sites is 2. The van der Waals surface area contributed by atoms with Crippen LogP contribution in [0.3, 0.4) is 0 Å². The monoisotopic (exact) mass is 337 g/mol. The Morgan fingerprint density at radius 2 is 2.04 bits per heavy atom. The number of fused-ring (bicyclic) bond motifs is 1. The third kappa shape index (κ3) is 3.79. The van der Waals surface area contributed by atoms with Gasteiger partial charge in [-0.1, -0.05) is 12.1 Å². The third-order valence-corrected chi connectivity index (χ3v) is 3.89. The first-order chi connectivity index (χ1) is 12.2. The molecule has 6 heteroatoms. The van der Waals surface area contributed by atoms with E-state index in [1.807, 2.05) is 44.2 Å². The first kappa shape index (κ1) is 17.0. The normalized spacial score (nSPS) is 11.8. The second-order valence-corrected chi connectivity index (χ2v) is 5.61. The van der Waals surface area contributed by atoms with Gasteiger partial charge in [-0.05, 0) is 32.0 Å². The van der Waals surface area contributed by atoms with E-state index in [2.05, 4.69) is 20.6 Å². The van der Waals surface area contributed by atoms with E-state index in [1.54, 1.807) is 6.20 Å². The summed E-state index contributed by atoms with van der Waals surface area (Å²) in [6, 6.07) is 12.0. The Hall–Kier alpha value is -2.89. The maximum absolute atomic E-state index is 5.97. The maximum Gasteiger partial charge on any atom is 0.213 e. The molecule has 0 saturated carbocycles. The number of aromatic nitrogens is 3. The van der Waals surface area contributed by atoms with E-state index >= 15 is 0 Å². The Bertz CT molecular complexity index is 867. The van der Waals surface area contributed by atoms with Crippen LogP contribution in [0.4, 0.5) is 0 Å². The smallest absolute Gasteiger partial charge is 0.213 e. The molecule has 0 aliphatic heterocycles. The molecule has 1 aromatic carbocycles. The summed E-state index contributed by atoms with van der Waals surface area (Å²) < 4.78 is 7.59. The summed E-state index contributed by atoms with van der Waals surface area (Å²) >= 11 is 0. The van der Waals surface area contributed by atoms with E-state index in [0.717, 1.165) is 29.0 Å². The van der Waals surface area contributed by atoms with Crippen LogP contribution in [0, 0.1) is 0 Å². The first-order valence-electron chi connectivity index (χ1n) is 8.56. The predicted octanol–water partition coefficient (Wildman–Crippen LogP) is 3.26. The number of imidazole rings is 1. The zero-order valence-electron chi connectivity index (χ0n) is 14.6. The van der Waals surface area contributed by atoms with Gasteiger partial charge in [0.25, 0.3) is 0 Å². The molecule has 0 amide bonds. The molecule has 0 atom stereocenters. The molecule has 0 fully saturated rings. The van der Waals surface area contributed by atoms with Crippen LogP contribution in [0.1, 0.15) is 20.3 Å². The number of rotatable bonds is 7. The summed E-state index contributed by atoms with van der Waals surface area (Å²) in [6.45, 7) is 5.94. The van der Waals surface area contributed by atoms with Gasteiger partial charge in [-0.25, -0.2) is 9.97 Å². The summed E-state index contributed by atoms with van der Waals surface area (Å²) in [5.74, 6) is 2.16. The Balaban J connectivity index is 1.98. The largest absolute Gasteiger partial charge is 0.478 e. The van der Waals surface area contributed by atoms with Crippen molar-refractivity contribution >= 4 is 16.9 Å². The molecule has 3 rings (SSSR count). The van der Waals surface area contributed by atoms with Gasteiger partial charge in [-0.3, -0.25) is 4.99 Å². The summed E-state index contributed by atoms with van der Waals surface area (Å²) in [5, 5.41) is 0. The van der Waals surface area contributed by atoms with Crippen LogP contribution in [-0.4, -0.2) is 33.5 Å². The highest BCUT2D eigenvalue weighted by atomic mass is 16.5. The van der Waals surface area contributed by atoms with Crippen molar-refractivity contribution in [2.75, 3.05) is 13.2 Å². The average molecular weight is 337 g/mol. The molecule has 0 aliphatic carbocycles. The summed E-state index contributed by atoms with van der Waals surface area (Å²) in [5.41, 5.74) is 8.96. The molecule has 3 aromatic rings. The van der Waals surface area contributed by atoms with E-state index in [9.17, 15) is 0 Å². The number of hydrogen-bond acceptors (Lipinski definition) is 4. The summed E-state index contributed by atoms with van der Waals surface area (Å²) in [7, 11) is 0. The molecule has 2 heterocycles. The standard InChI is InChI=1S/C19H23N5O/c1-3-21-17(20)11-12-24-16-8-6-5-7-15(16)23-19(24)14-9-10-18(22-13-14)25-4-2/h5-10,13H,3-4,11-12H2,1-2H3,(H2,20,21). The van der Waals surface area contributed by atoms with E-state index in [0.29, 0.717) is 31.3 Å². The van der Waals surface area contributed by atoms with Gasteiger partial charge in [0.1, 0.15) is 5.82 Å². The van der Waals surface area contributed by atoms with Gasteiger partial charge in [0, 0.05) is 37.3 Å². The molecular formula is C19H23N5O. The molecule has 0 aliphatic rings. The number of nitrogens with zero attached hydrogens (tertiary/aromatic N) is 4. The van der Waals surface area contributed by atoms with Crippen molar-refractivity contribution < 1.29 is 4.74 Å². The van der Waals surface area contributed by atoms with Crippen molar-refractivity contribution in [3.8, 4) is 17.3 Å². The predicted molar refractivity (Wildman–Crippen MR) is 101 cm³/mol. The lowest BCUT2D eigenvalue weighted by Crippen LogP contribution is -2.15. The van der Waals surface area contributed by atoms with Crippen molar-refractivity contribution in [2.24, 2.45) is 10.7 Å². The van der Waals surface area contributed by atoms with Gasteiger partial charge >= 0.3 is 0 Å². The van der Waals surface area contributed by atoms with Crippen molar-refractivity contribution in [1.82, 2.24) is 14.5 Å². The minimum Gasteiger partial charge on any atom is -0.478 e. The van der Waals surface area contributed by atoms with Crippen LogP contribution in [0.2, 0.25) is 0 Å². The number of aryl methyl sites for hydroxylation is 1. The van der Waals surface area contributed by atoms with Crippen molar-refractivity contribution in [1.29, 1.82) is 0 Å². The molecule has 0 saturated heterocycles. The van der Waals surface area contributed by atoms with Crippen molar-refractivity contribution in [3.63, 3.8) is 0 Å². The highest BCUT2D eigenvalue weighted by Crippen LogP contribution is 2.25. The molecule has 2 aromatic heterocycles. The lowest BCUT2D eigenvalue weighted by Gasteiger charge is -2.10. The lowest BCUT2D eigenvalue weighted by atomic mass is 10.2. The average Bonchev–Trinajstić information content (AvgIpc) is 3.00. The number of aliphatic imine (C=N–C) groups is 1. The Labute approximate surface area is 147 Å². The van der Waals surface area contributed by atoms with Crippen LogP contribution >= 0.6 is 0 Å². The van der Waals surface area contributed by atoms with Crippen LogP contribution in [0.25, 0.3) is 22.4 Å². The fourth-order valence-electron chi connectivity index (χ4n) is 2.78. The molecule has 6 nitrogen and oxygen atoms in total. The Morgan fingerprint density at radius 3 is 2.76 bits per heavy atom. The minimum absolute atomic E-state index is 0.598. The van der Waals surface area contributed by atoms with E-state index in [4.69, 9.17) is 15.5 Å². The molecule has 2 N–H and O–H groups in total. The van der Waals surface area contributed by atoms with Gasteiger partial charge < -0.3 is 15.0 Å². The minimum atomic E-state index is 0.598. The fraction of sp³-hybridized carbons (Fsp3) is 0.316. The number of hydrogen-bond donors (Lipinski definition) is 1. The van der Waals surface area contributed by atoms with Gasteiger partial charge in [0.2, 0.25) is 5.88 Å². The lowest BCUT2D eigenvalue weighted by molar-refractivity contribution is 0.327. The van der Waals surface area contributed by atoms with Crippen LogP contribution in [0.5, 0.6) is 5.88 Å². The molecular weight excluding hydrogens is 314 g/mol. The fourth-order valence-corrected chi connectivity index (χ4v) is 2.78. The van der Waals surface area contributed by atoms with Gasteiger partial charge in [-0.2, -0.15) is 0 Å². The molecule has 0 radical (unpaired) electrons. The van der Waals surface area contributed by atoms with Gasteiger partial charge in [-0.15, -0.1) is 0 Å². The quantitative estimate of drug-likeness (QED) is 0.530. The second-order valence-electron chi connectivity index (χ2n) is 5.61. The van der Waals surface area contributed by atoms with E-state index in [-0.39, 0.29) is 0 Å². The zero-order chi connectivity index (χ0) is 17.6.